The summed E-state index contributed by atoms with van der Waals surface area (Å²) >= 11 is 0. The number of aryl methyl sites for hydroxylation is 2. The summed E-state index contributed by atoms with van der Waals surface area (Å²) in [6, 6.07) is 22.1. The molecule has 1 N–H and O–H groups in total. The van der Waals surface area contributed by atoms with E-state index in [1.54, 1.807) is 36.4 Å². The first-order valence-electron chi connectivity index (χ1n) is 9.94. The van der Waals surface area contributed by atoms with Gasteiger partial charge in [-0.15, -0.1) is 0 Å². The van der Waals surface area contributed by atoms with Crippen molar-refractivity contribution in [1.82, 2.24) is 0 Å². The topological polar surface area (TPSA) is 55.4 Å². The Balaban J connectivity index is 1.42. The fourth-order valence-corrected chi connectivity index (χ4v) is 3.67. The number of ether oxygens (including phenoxy) is 1. The quantitative estimate of drug-likeness (QED) is 0.619. The predicted molar refractivity (Wildman–Crippen MR) is 114 cm³/mol. The smallest absolute Gasteiger partial charge is 0.262 e. The summed E-state index contributed by atoms with van der Waals surface area (Å²) in [7, 11) is 0. The van der Waals surface area contributed by atoms with Crippen molar-refractivity contribution in [3.63, 3.8) is 0 Å². The Morgan fingerprint density at radius 3 is 2.38 bits per heavy atom. The van der Waals surface area contributed by atoms with Crippen molar-refractivity contribution in [2.24, 2.45) is 0 Å². The van der Waals surface area contributed by atoms with Gasteiger partial charge in [0.1, 0.15) is 5.75 Å². The van der Waals surface area contributed by atoms with E-state index in [9.17, 15) is 9.59 Å². The molecular weight excluding hydrogens is 362 g/mol. The molecule has 4 heteroatoms. The molecule has 0 bridgehead atoms. The summed E-state index contributed by atoms with van der Waals surface area (Å²) in [5, 5.41) is 2.81. The highest BCUT2D eigenvalue weighted by Crippen LogP contribution is 2.25. The second-order valence-electron chi connectivity index (χ2n) is 7.22. The third-order valence-corrected chi connectivity index (χ3v) is 5.17. The number of hydrogen-bond acceptors (Lipinski definition) is 3. The van der Waals surface area contributed by atoms with Crippen LogP contribution >= 0.6 is 0 Å². The van der Waals surface area contributed by atoms with Gasteiger partial charge in [0.25, 0.3) is 5.91 Å². The molecule has 0 heterocycles. The first-order chi connectivity index (χ1) is 14.2. The zero-order valence-electron chi connectivity index (χ0n) is 16.2. The van der Waals surface area contributed by atoms with Crippen molar-refractivity contribution >= 4 is 17.4 Å². The molecule has 3 aromatic carbocycles. The van der Waals surface area contributed by atoms with Gasteiger partial charge < -0.3 is 10.1 Å². The molecule has 0 atom stereocenters. The van der Waals surface area contributed by atoms with Crippen LogP contribution < -0.4 is 10.1 Å². The zero-order chi connectivity index (χ0) is 20.1. The third kappa shape index (κ3) is 4.54. The van der Waals surface area contributed by atoms with E-state index in [1.807, 2.05) is 30.3 Å². The maximum atomic E-state index is 12.8. The number of anilines is 1. The first-order valence-corrected chi connectivity index (χ1v) is 9.94. The fourth-order valence-electron chi connectivity index (χ4n) is 3.67. The third-order valence-electron chi connectivity index (χ3n) is 5.17. The number of carbonyl (C=O) groups is 2. The lowest BCUT2D eigenvalue weighted by atomic mass is 9.92. The minimum atomic E-state index is -0.295. The molecule has 1 aliphatic rings. The van der Waals surface area contributed by atoms with Crippen LogP contribution in [-0.2, 0) is 17.6 Å². The Morgan fingerprint density at radius 2 is 1.55 bits per heavy atom. The molecule has 0 aliphatic heterocycles. The average Bonchev–Trinajstić information content (AvgIpc) is 2.78. The van der Waals surface area contributed by atoms with Crippen LogP contribution in [0.5, 0.6) is 5.75 Å². The van der Waals surface area contributed by atoms with E-state index >= 15 is 0 Å². The van der Waals surface area contributed by atoms with Gasteiger partial charge in [-0.25, -0.2) is 0 Å². The number of para-hydroxylation sites is 1. The molecule has 1 amide bonds. The number of benzene rings is 3. The Kier molecular flexibility index (Phi) is 5.71. The van der Waals surface area contributed by atoms with E-state index < -0.39 is 0 Å². The van der Waals surface area contributed by atoms with Crippen molar-refractivity contribution in [2.45, 2.75) is 25.7 Å². The maximum absolute atomic E-state index is 12.8. The molecule has 4 nitrogen and oxygen atoms in total. The summed E-state index contributed by atoms with van der Waals surface area (Å²) in [4.78, 5) is 25.2. The van der Waals surface area contributed by atoms with Crippen molar-refractivity contribution in [1.29, 1.82) is 0 Å². The molecule has 0 unspecified atom stereocenters. The summed E-state index contributed by atoms with van der Waals surface area (Å²) in [6.07, 6.45) is 4.61. The Morgan fingerprint density at radius 1 is 0.828 bits per heavy atom. The van der Waals surface area contributed by atoms with Crippen LogP contribution in [0, 0.1) is 0 Å². The van der Waals surface area contributed by atoms with Crippen LogP contribution in [0.15, 0.2) is 72.8 Å². The normalized spacial score (nSPS) is 12.7. The molecule has 0 fully saturated rings. The van der Waals surface area contributed by atoms with Gasteiger partial charge in [0.15, 0.2) is 12.4 Å². The molecule has 0 radical (unpaired) electrons. The van der Waals surface area contributed by atoms with E-state index in [0.717, 1.165) is 12.8 Å². The molecule has 0 saturated carbocycles. The number of carbonyl (C=O) groups excluding carboxylic acids is 2. The average molecular weight is 385 g/mol. The van der Waals surface area contributed by atoms with Crippen molar-refractivity contribution in [2.75, 3.05) is 11.9 Å². The number of hydrogen-bond donors (Lipinski definition) is 1. The molecule has 4 rings (SSSR count). The van der Waals surface area contributed by atoms with Gasteiger partial charge in [-0.05, 0) is 61.1 Å². The van der Waals surface area contributed by atoms with Crippen LogP contribution in [0.1, 0.15) is 39.9 Å². The molecular formula is C25H23NO3. The fraction of sp³-hybridized carbons (Fsp3) is 0.200. The van der Waals surface area contributed by atoms with Gasteiger partial charge in [-0.1, -0.05) is 48.5 Å². The number of amides is 1. The molecule has 0 spiro atoms. The van der Waals surface area contributed by atoms with Crippen molar-refractivity contribution in [3.8, 4) is 5.75 Å². The summed E-state index contributed by atoms with van der Waals surface area (Å²) in [5.41, 5.74) is 4.22. The number of ketones is 1. The maximum Gasteiger partial charge on any atom is 0.262 e. The minimum absolute atomic E-state index is 0.105. The molecule has 29 heavy (non-hydrogen) atoms. The highest BCUT2D eigenvalue weighted by Gasteiger charge is 2.15. The lowest BCUT2D eigenvalue weighted by molar-refractivity contribution is -0.118. The standard InChI is InChI=1S/C25H23NO3/c27-24(17-29-21-15-14-18-8-4-5-11-20(18)16-21)26-23-13-7-6-12-22(23)25(28)19-9-2-1-3-10-19/h1-3,6-7,9-10,12-16H,4-5,8,11,17H2,(H,26,27). The lowest BCUT2D eigenvalue weighted by Gasteiger charge is -2.17. The Labute approximate surface area is 170 Å². The largest absolute Gasteiger partial charge is 0.484 e. The van der Waals surface area contributed by atoms with E-state index in [0.29, 0.717) is 22.6 Å². The van der Waals surface area contributed by atoms with Gasteiger partial charge in [-0.2, -0.15) is 0 Å². The Bertz CT molecular complexity index is 1030. The van der Waals surface area contributed by atoms with Gasteiger partial charge in [-0.3, -0.25) is 9.59 Å². The molecule has 146 valence electrons. The first kappa shape index (κ1) is 18.9. The number of fused-ring (bicyclic) bond motifs is 1. The second-order valence-corrected chi connectivity index (χ2v) is 7.22. The van der Waals surface area contributed by atoms with E-state index in [4.69, 9.17) is 4.74 Å². The molecule has 1 aliphatic carbocycles. The van der Waals surface area contributed by atoms with Gasteiger partial charge in [0.05, 0.1) is 5.69 Å². The second kappa shape index (κ2) is 8.74. The lowest BCUT2D eigenvalue weighted by Crippen LogP contribution is -2.21. The van der Waals surface area contributed by atoms with E-state index in [2.05, 4.69) is 11.4 Å². The summed E-state index contributed by atoms with van der Waals surface area (Å²) in [6.45, 7) is -0.105. The van der Waals surface area contributed by atoms with Gasteiger partial charge in [0, 0.05) is 11.1 Å². The number of nitrogens with one attached hydrogen (secondary N) is 1. The van der Waals surface area contributed by atoms with Crippen LogP contribution in [0.3, 0.4) is 0 Å². The number of rotatable bonds is 6. The van der Waals surface area contributed by atoms with Crippen LogP contribution in [0.25, 0.3) is 0 Å². The van der Waals surface area contributed by atoms with E-state index in [-0.39, 0.29) is 18.3 Å². The monoisotopic (exact) mass is 385 g/mol. The predicted octanol–water partition coefficient (Wildman–Crippen LogP) is 4.81. The highest BCUT2D eigenvalue weighted by molar-refractivity contribution is 6.13. The van der Waals surface area contributed by atoms with Crippen LogP contribution in [0.2, 0.25) is 0 Å². The van der Waals surface area contributed by atoms with Crippen molar-refractivity contribution < 1.29 is 14.3 Å². The molecule has 0 saturated heterocycles. The highest BCUT2D eigenvalue weighted by atomic mass is 16.5. The summed E-state index contributed by atoms with van der Waals surface area (Å²) < 4.78 is 5.69. The molecule has 0 aromatic heterocycles. The van der Waals surface area contributed by atoms with E-state index in [1.165, 1.54) is 24.0 Å². The van der Waals surface area contributed by atoms with Crippen LogP contribution in [-0.4, -0.2) is 18.3 Å². The zero-order valence-corrected chi connectivity index (χ0v) is 16.2. The molecule has 3 aromatic rings. The van der Waals surface area contributed by atoms with Gasteiger partial charge in [0.2, 0.25) is 0 Å². The van der Waals surface area contributed by atoms with Crippen molar-refractivity contribution in [3.05, 3.63) is 95.1 Å². The van der Waals surface area contributed by atoms with Crippen LogP contribution in [0.4, 0.5) is 5.69 Å². The SMILES string of the molecule is O=C(COc1ccc2c(c1)CCCC2)Nc1ccccc1C(=O)c1ccccc1. The minimum Gasteiger partial charge on any atom is -0.484 e. The summed E-state index contributed by atoms with van der Waals surface area (Å²) in [5.74, 6) is 0.280. The van der Waals surface area contributed by atoms with Gasteiger partial charge >= 0.3 is 0 Å². The Hall–Kier alpha value is -3.40.